The molecule has 37 heavy (non-hydrogen) atoms. The number of pyridine rings is 1. The lowest BCUT2D eigenvalue weighted by molar-refractivity contribution is 0.102. The fourth-order valence-corrected chi connectivity index (χ4v) is 6.06. The third-order valence-electron chi connectivity index (χ3n) is 7.76. The molecular formula is C29H31N7O. The number of rotatable bonds is 5. The van der Waals surface area contributed by atoms with Crippen molar-refractivity contribution in [2.75, 3.05) is 24.1 Å². The maximum Gasteiger partial charge on any atom is 0.256 e. The van der Waals surface area contributed by atoms with Gasteiger partial charge in [0.2, 0.25) is 0 Å². The van der Waals surface area contributed by atoms with Gasteiger partial charge >= 0.3 is 0 Å². The van der Waals surface area contributed by atoms with E-state index in [1.807, 2.05) is 43.3 Å². The van der Waals surface area contributed by atoms with Gasteiger partial charge in [0.25, 0.3) is 5.91 Å². The van der Waals surface area contributed by atoms with Gasteiger partial charge in [0.1, 0.15) is 23.6 Å². The fraction of sp³-hybridized carbons (Fsp3) is 0.310. The zero-order valence-corrected chi connectivity index (χ0v) is 21.1. The number of allylic oxidation sites excluding steroid dienone is 1. The molecule has 8 heteroatoms. The molecule has 6 rings (SSSR count). The minimum atomic E-state index is -0.195. The fourth-order valence-electron chi connectivity index (χ4n) is 6.06. The Labute approximate surface area is 216 Å². The molecule has 188 valence electrons. The van der Waals surface area contributed by atoms with E-state index < -0.39 is 0 Å². The first-order chi connectivity index (χ1) is 18.0. The van der Waals surface area contributed by atoms with Crippen LogP contribution in [0, 0.1) is 18.8 Å². The predicted octanol–water partition coefficient (Wildman–Crippen LogP) is 5.05. The largest absolute Gasteiger partial charge is 0.383 e. The summed E-state index contributed by atoms with van der Waals surface area (Å²) < 4.78 is 2.31. The Morgan fingerprint density at radius 1 is 1.08 bits per heavy atom. The number of nitrogens with one attached hydrogen (secondary N) is 1. The summed E-state index contributed by atoms with van der Waals surface area (Å²) in [6, 6.07) is 11.7. The zero-order chi connectivity index (χ0) is 25.5. The Morgan fingerprint density at radius 2 is 1.84 bits per heavy atom. The van der Waals surface area contributed by atoms with Crippen molar-refractivity contribution in [3.8, 4) is 11.1 Å². The van der Waals surface area contributed by atoms with Crippen LogP contribution in [0.5, 0.6) is 0 Å². The van der Waals surface area contributed by atoms with Crippen molar-refractivity contribution in [3.05, 3.63) is 78.5 Å². The molecule has 4 aromatic rings. The number of carbonyl (C=O) groups is 1. The van der Waals surface area contributed by atoms with E-state index in [0.29, 0.717) is 35.1 Å². The van der Waals surface area contributed by atoms with E-state index in [-0.39, 0.29) is 5.91 Å². The Hall–Kier alpha value is -4.20. The van der Waals surface area contributed by atoms with Crippen LogP contribution >= 0.6 is 0 Å². The second kappa shape index (κ2) is 9.35. The standard InChI is InChI=1S/C29H31N7O/c1-3-10-35-14-21-12-23(13-22(21)15-35)36-16-24(26-27(30)32-17-33-28(26)36)19-4-6-20(7-5-19)29(37)34-25-11-18(2)8-9-31-25/h3-11,16-17,21-23H,12-15H2,1-2H3,(H2,30,32,33)(H,31,34,37). The van der Waals surface area contributed by atoms with E-state index in [4.69, 9.17) is 5.73 Å². The molecule has 1 amide bonds. The van der Waals surface area contributed by atoms with Crippen LogP contribution in [0.2, 0.25) is 0 Å². The van der Waals surface area contributed by atoms with Crippen LogP contribution in [0.3, 0.4) is 0 Å². The summed E-state index contributed by atoms with van der Waals surface area (Å²) in [7, 11) is 0. The molecule has 1 saturated heterocycles. The van der Waals surface area contributed by atoms with Crippen molar-refractivity contribution in [1.82, 2.24) is 24.4 Å². The van der Waals surface area contributed by atoms with Crippen LogP contribution in [-0.4, -0.2) is 43.4 Å². The highest BCUT2D eigenvalue weighted by Crippen LogP contribution is 2.46. The lowest BCUT2D eigenvalue weighted by Gasteiger charge is -2.18. The summed E-state index contributed by atoms with van der Waals surface area (Å²) in [6.45, 7) is 6.29. The van der Waals surface area contributed by atoms with E-state index in [0.717, 1.165) is 53.7 Å². The lowest BCUT2D eigenvalue weighted by atomic mass is 10.0. The summed E-state index contributed by atoms with van der Waals surface area (Å²) in [4.78, 5) is 28.4. The van der Waals surface area contributed by atoms with E-state index in [2.05, 4.69) is 55.1 Å². The Kier molecular flexibility index (Phi) is 5.87. The number of anilines is 2. The number of aryl methyl sites for hydroxylation is 1. The molecule has 2 unspecified atom stereocenters. The highest BCUT2D eigenvalue weighted by atomic mass is 16.1. The van der Waals surface area contributed by atoms with Gasteiger partial charge in [0, 0.05) is 42.7 Å². The van der Waals surface area contributed by atoms with Gasteiger partial charge in [0.05, 0.1) is 5.39 Å². The minimum Gasteiger partial charge on any atom is -0.383 e. The number of nitrogen functional groups attached to an aromatic ring is 1. The third-order valence-corrected chi connectivity index (χ3v) is 7.76. The number of hydrogen-bond acceptors (Lipinski definition) is 6. The van der Waals surface area contributed by atoms with Crippen molar-refractivity contribution in [3.63, 3.8) is 0 Å². The molecule has 0 spiro atoms. The predicted molar refractivity (Wildman–Crippen MR) is 146 cm³/mol. The molecule has 8 nitrogen and oxygen atoms in total. The van der Waals surface area contributed by atoms with E-state index in [1.54, 1.807) is 12.5 Å². The van der Waals surface area contributed by atoms with Crippen LogP contribution in [0.4, 0.5) is 11.6 Å². The van der Waals surface area contributed by atoms with Crippen LogP contribution in [0.25, 0.3) is 22.2 Å². The number of carbonyl (C=O) groups excluding carboxylic acids is 1. The molecule has 2 fully saturated rings. The number of hydrogen-bond donors (Lipinski definition) is 2. The Morgan fingerprint density at radius 3 is 2.54 bits per heavy atom. The number of amides is 1. The molecule has 3 aromatic heterocycles. The first-order valence-corrected chi connectivity index (χ1v) is 12.8. The van der Waals surface area contributed by atoms with Crippen LogP contribution in [0.1, 0.15) is 41.7 Å². The highest BCUT2D eigenvalue weighted by molar-refractivity contribution is 6.05. The third kappa shape index (κ3) is 4.33. The van der Waals surface area contributed by atoms with Crippen molar-refractivity contribution >= 4 is 28.6 Å². The maximum absolute atomic E-state index is 12.8. The van der Waals surface area contributed by atoms with Crippen LogP contribution < -0.4 is 11.1 Å². The molecule has 0 bridgehead atoms. The van der Waals surface area contributed by atoms with Gasteiger partial charge in [-0.3, -0.25) is 4.79 Å². The topological polar surface area (TPSA) is 102 Å². The first-order valence-electron chi connectivity index (χ1n) is 12.8. The average molecular weight is 494 g/mol. The molecule has 0 radical (unpaired) electrons. The van der Waals surface area contributed by atoms with Gasteiger partial charge in [0.15, 0.2) is 0 Å². The summed E-state index contributed by atoms with van der Waals surface area (Å²) in [5.41, 5.74) is 10.8. The second-order valence-electron chi connectivity index (χ2n) is 10.2. The first kappa shape index (κ1) is 23.2. The van der Waals surface area contributed by atoms with E-state index in [9.17, 15) is 4.79 Å². The molecule has 1 aromatic carbocycles. The molecule has 1 saturated carbocycles. The molecule has 1 aliphatic heterocycles. The Balaban J connectivity index is 1.28. The normalized spacial score (nSPS) is 21.1. The van der Waals surface area contributed by atoms with Gasteiger partial charge in [-0.25, -0.2) is 15.0 Å². The lowest BCUT2D eigenvalue weighted by Crippen LogP contribution is -2.16. The highest BCUT2D eigenvalue weighted by Gasteiger charge is 2.41. The molecule has 2 aliphatic rings. The molecule has 2 atom stereocenters. The van der Waals surface area contributed by atoms with Gasteiger partial charge in [-0.15, -0.1) is 0 Å². The molecular weight excluding hydrogens is 462 g/mol. The van der Waals surface area contributed by atoms with Gasteiger partial charge in [-0.2, -0.15) is 0 Å². The Bertz CT molecular complexity index is 1480. The van der Waals surface area contributed by atoms with Crippen molar-refractivity contribution in [2.24, 2.45) is 11.8 Å². The zero-order valence-electron chi connectivity index (χ0n) is 21.1. The maximum atomic E-state index is 12.8. The van der Waals surface area contributed by atoms with Crippen LogP contribution in [-0.2, 0) is 0 Å². The summed E-state index contributed by atoms with van der Waals surface area (Å²) in [5.74, 6) is 2.21. The monoisotopic (exact) mass is 493 g/mol. The molecule has 4 heterocycles. The van der Waals surface area contributed by atoms with E-state index >= 15 is 0 Å². The van der Waals surface area contributed by atoms with Gasteiger partial charge in [-0.05, 0) is 80.1 Å². The number of aromatic nitrogens is 4. The second-order valence-corrected chi connectivity index (χ2v) is 10.2. The quantitative estimate of drug-likeness (QED) is 0.403. The summed E-state index contributed by atoms with van der Waals surface area (Å²) in [6.07, 6.45) is 12.0. The number of nitrogens with zero attached hydrogens (tertiary/aromatic N) is 5. The number of nitrogens with two attached hydrogens (primary N) is 1. The number of benzene rings is 1. The number of fused-ring (bicyclic) bond motifs is 2. The van der Waals surface area contributed by atoms with Gasteiger partial charge < -0.3 is 20.5 Å². The smallest absolute Gasteiger partial charge is 0.256 e. The van der Waals surface area contributed by atoms with E-state index in [1.165, 1.54) is 0 Å². The van der Waals surface area contributed by atoms with Crippen molar-refractivity contribution in [1.29, 1.82) is 0 Å². The minimum absolute atomic E-state index is 0.195. The summed E-state index contributed by atoms with van der Waals surface area (Å²) in [5, 5.41) is 3.74. The van der Waals surface area contributed by atoms with Crippen molar-refractivity contribution < 1.29 is 4.79 Å². The van der Waals surface area contributed by atoms with Crippen molar-refractivity contribution in [2.45, 2.75) is 32.7 Å². The van der Waals surface area contributed by atoms with Gasteiger partial charge in [-0.1, -0.05) is 18.2 Å². The average Bonchev–Trinajstić information content (AvgIpc) is 3.56. The SMILES string of the molecule is CC=CN1CC2CC(n3cc(-c4ccc(C(=O)Nc5cc(C)ccn5)cc4)c4c(N)ncnc43)CC2C1. The summed E-state index contributed by atoms with van der Waals surface area (Å²) >= 11 is 0. The molecule has 1 aliphatic carbocycles. The van der Waals surface area contributed by atoms with Crippen LogP contribution in [0.15, 0.2) is 67.4 Å². The molecule has 3 N–H and O–H groups in total. The number of likely N-dealkylation sites (tertiary alicyclic amines) is 1.